The molecule has 0 amide bonds. The average Bonchev–Trinajstić information content (AvgIpc) is 2.00. The lowest BCUT2D eigenvalue weighted by Gasteiger charge is -2.12. The number of ether oxygens (including phenoxy) is 1. The molecule has 13 heavy (non-hydrogen) atoms. The summed E-state index contributed by atoms with van der Waals surface area (Å²) in [6, 6.07) is 0. The van der Waals surface area contributed by atoms with Gasteiger partial charge in [-0.3, -0.25) is 0 Å². The quantitative estimate of drug-likeness (QED) is 0.634. The molecule has 0 spiro atoms. The molecule has 0 aromatic heterocycles. The van der Waals surface area contributed by atoms with Gasteiger partial charge in [-0.15, -0.1) is 0 Å². The Labute approximate surface area is 71.3 Å². The molecule has 0 N–H and O–H groups in total. The summed E-state index contributed by atoms with van der Waals surface area (Å²) in [6.45, 7) is -2.48. The molecule has 0 fully saturated rings. The second kappa shape index (κ2) is 5.33. The molecule has 0 saturated heterocycles. The van der Waals surface area contributed by atoms with Gasteiger partial charge in [0.05, 0.1) is 13.0 Å². The van der Waals surface area contributed by atoms with Gasteiger partial charge in [0.15, 0.2) is 6.10 Å². The molecule has 0 rings (SSSR count). The molecule has 2 atom stereocenters. The van der Waals surface area contributed by atoms with E-state index >= 15 is 0 Å². The largest absolute Gasteiger partial charge is 0.391 e. The molecule has 0 aliphatic heterocycles. The van der Waals surface area contributed by atoms with E-state index in [4.69, 9.17) is 0 Å². The third-order valence-corrected chi connectivity index (χ3v) is 1.11. The number of hydrogen-bond donors (Lipinski definition) is 0. The van der Waals surface area contributed by atoms with Crippen molar-refractivity contribution in [3.05, 3.63) is 0 Å². The monoisotopic (exact) mass is 207 g/mol. The van der Waals surface area contributed by atoms with Crippen LogP contribution in [0.25, 0.3) is 0 Å². The molecule has 0 aromatic carbocycles. The molecule has 1 radical (unpaired) electrons. The zero-order valence-electron chi connectivity index (χ0n) is 6.48. The standard InChI is InChI=1S/C6H8F5O2/c7-3-4(12)5(8)13-2-1-6(9,10)11/h4-5H,1-3H2. The summed E-state index contributed by atoms with van der Waals surface area (Å²) in [5.41, 5.74) is 0. The van der Waals surface area contributed by atoms with Gasteiger partial charge in [0.25, 0.3) is 0 Å². The molecule has 79 valence electrons. The zero-order chi connectivity index (χ0) is 10.5. The Hall–Kier alpha value is -0.430. The molecule has 0 aliphatic carbocycles. The normalized spacial score (nSPS) is 17.1. The van der Waals surface area contributed by atoms with Gasteiger partial charge in [0.1, 0.15) is 6.67 Å². The first kappa shape index (κ1) is 12.6. The summed E-state index contributed by atoms with van der Waals surface area (Å²) < 4.78 is 61.8. The molecule has 7 heteroatoms. The van der Waals surface area contributed by atoms with Gasteiger partial charge in [0.2, 0.25) is 6.36 Å². The second-order valence-corrected chi connectivity index (χ2v) is 2.28. The van der Waals surface area contributed by atoms with Crippen molar-refractivity contribution in [1.29, 1.82) is 0 Å². The van der Waals surface area contributed by atoms with Crippen LogP contribution in [0.1, 0.15) is 6.42 Å². The van der Waals surface area contributed by atoms with Crippen LogP contribution in [0.4, 0.5) is 22.0 Å². The minimum absolute atomic E-state index is 0.969. The SMILES string of the molecule is [O]C(CF)C(F)OCCC(F)(F)F. The topological polar surface area (TPSA) is 29.1 Å². The van der Waals surface area contributed by atoms with E-state index in [0.717, 1.165) is 0 Å². The van der Waals surface area contributed by atoms with Crippen molar-refractivity contribution in [3.8, 4) is 0 Å². The van der Waals surface area contributed by atoms with Gasteiger partial charge in [-0.05, 0) is 0 Å². The van der Waals surface area contributed by atoms with Gasteiger partial charge in [-0.25, -0.2) is 13.9 Å². The fourth-order valence-electron chi connectivity index (χ4n) is 0.465. The first-order chi connectivity index (χ1) is 5.87. The van der Waals surface area contributed by atoms with E-state index in [1.807, 2.05) is 0 Å². The molecule has 2 nitrogen and oxygen atoms in total. The summed E-state index contributed by atoms with van der Waals surface area (Å²) in [5, 5.41) is 10.2. The molecular formula is C6H8F5O2. The van der Waals surface area contributed by atoms with Crippen molar-refractivity contribution < 1.29 is 31.8 Å². The summed E-state index contributed by atoms with van der Waals surface area (Å²) >= 11 is 0. The van der Waals surface area contributed by atoms with Crippen LogP contribution >= 0.6 is 0 Å². The number of alkyl halides is 5. The molecule has 0 aliphatic rings. The highest BCUT2D eigenvalue weighted by Crippen LogP contribution is 2.19. The van der Waals surface area contributed by atoms with Crippen molar-refractivity contribution in [2.45, 2.75) is 25.1 Å². The molecule has 0 saturated carbocycles. The van der Waals surface area contributed by atoms with Crippen LogP contribution in [-0.2, 0) is 9.84 Å². The van der Waals surface area contributed by atoms with E-state index in [1.165, 1.54) is 0 Å². The maximum Gasteiger partial charge on any atom is 0.391 e. The lowest BCUT2D eigenvalue weighted by Crippen LogP contribution is -2.27. The first-order valence-electron chi connectivity index (χ1n) is 3.41. The van der Waals surface area contributed by atoms with E-state index in [0.29, 0.717) is 0 Å². The molecule has 0 heterocycles. The highest BCUT2D eigenvalue weighted by atomic mass is 19.4. The van der Waals surface area contributed by atoms with Gasteiger partial charge < -0.3 is 4.74 Å². The Bertz CT molecular complexity index is 137. The van der Waals surface area contributed by atoms with Crippen molar-refractivity contribution in [3.63, 3.8) is 0 Å². The molecule has 2 unspecified atom stereocenters. The Morgan fingerprint density at radius 3 is 2.23 bits per heavy atom. The van der Waals surface area contributed by atoms with E-state index < -0.39 is 38.3 Å². The van der Waals surface area contributed by atoms with Gasteiger partial charge >= 0.3 is 6.18 Å². The fourth-order valence-corrected chi connectivity index (χ4v) is 0.465. The highest BCUT2D eigenvalue weighted by Gasteiger charge is 2.28. The van der Waals surface area contributed by atoms with Gasteiger partial charge in [-0.1, -0.05) is 0 Å². The lowest BCUT2D eigenvalue weighted by molar-refractivity contribution is -0.178. The molecule has 0 bridgehead atoms. The van der Waals surface area contributed by atoms with Gasteiger partial charge in [0, 0.05) is 0 Å². The van der Waals surface area contributed by atoms with E-state index in [9.17, 15) is 27.1 Å². The maximum absolute atomic E-state index is 12.2. The summed E-state index contributed by atoms with van der Waals surface area (Å²) in [4.78, 5) is 0. The van der Waals surface area contributed by atoms with Crippen molar-refractivity contribution >= 4 is 0 Å². The Morgan fingerprint density at radius 1 is 1.31 bits per heavy atom. The second-order valence-electron chi connectivity index (χ2n) is 2.28. The van der Waals surface area contributed by atoms with E-state index in [1.54, 1.807) is 0 Å². The Morgan fingerprint density at radius 2 is 1.85 bits per heavy atom. The minimum Gasteiger partial charge on any atom is -0.346 e. The van der Waals surface area contributed by atoms with Crippen LogP contribution in [0.3, 0.4) is 0 Å². The predicted octanol–water partition coefficient (Wildman–Crippen LogP) is 2.02. The van der Waals surface area contributed by atoms with Crippen LogP contribution in [0.2, 0.25) is 0 Å². The lowest BCUT2D eigenvalue weighted by atomic mass is 10.4. The van der Waals surface area contributed by atoms with E-state index in [2.05, 4.69) is 4.74 Å². The highest BCUT2D eigenvalue weighted by molar-refractivity contribution is 4.57. The summed E-state index contributed by atoms with van der Waals surface area (Å²) in [5.74, 6) is 0. The maximum atomic E-state index is 12.2. The van der Waals surface area contributed by atoms with Crippen LogP contribution in [-0.4, -0.2) is 31.9 Å². The smallest absolute Gasteiger partial charge is 0.346 e. The molecule has 0 aromatic rings. The number of halogens is 5. The van der Waals surface area contributed by atoms with E-state index in [-0.39, 0.29) is 0 Å². The molecular weight excluding hydrogens is 199 g/mol. The van der Waals surface area contributed by atoms with Crippen molar-refractivity contribution in [1.82, 2.24) is 0 Å². The van der Waals surface area contributed by atoms with Crippen LogP contribution in [0.15, 0.2) is 0 Å². The van der Waals surface area contributed by atoms with Crippen LogP contribution in [0, 0.1) is 0 Å². The van der Waals surface area contributed by atoms with Crippen LogP contribution < -0.4 is 0 Å². The van der Waals surface area contributed by atoms with Crippen molar-refractivity contribution in [2.75, 3.05) is 13.3 Å². The summed E-state index contributed by atoms with van der Waals surface area (Å²) in [6.07, 6.45) is -10.6. The number of hydrogen-bond acceptors (Lipinski definition) is 1. The zero-order valence-corrected chi connectivity index (χ0v) is 6.48. The third kappa shape index (κ3) is 6.71. The first-order valence-corrected chi connectivity index (χ1v) is 3.41. The Balaban J connectivity index is 3.53. The van der Waals surface area contributed by atoms with Gasteiger partial charge in [-0.2, -0.15) is 13.2 Å². The number of rotatable bonds is 5. The third-order valence-electron chi connectivity index (χ3n) is 1.11. The van der Waals surface area contributed by atoms with Crippen LogP contribution in [0.5, 0.6) is 0 Å². The predicted molar refractivity (Wildman–Crippen MR) is 32.0 cm³/mol. The van der Waals surface area contributed by atoms with Crippen molar-refractivity contribution in [2.24, 2.45) is 0 Å². The minimum atomic E-state index is -4.46. The summed E-state index contributed by atoms with van der Waals surface area (Å²) in [7, 11) is 0. The Kier molecular flexibility index (Phi) is 5.16. The average molecular weight is 207 g/mol. The fraction of sp³-hybridized carbons (Fsp3) is 1.00.